The molecule has 1 saturated carbocycles. The summed E-state index contributed by atoms with van der Waals surface area (Å²) >= 11 is 0. The molecule has 1 heterocycles. The van der Waals surface area contributed by atoms with Crippen LogP contribution in [0.5, 0.6) is 0 Å². The topological polar surface area (TPSA) is 29.5 Å². The Morgan fingerprint density at radius 3 is 1.88 bits per heavy atom. The Balaban J connectivity index is 1.70. The number of hydrogen-bond donors (Lipinski definition) is 1. The summed E-state index contributed by atoms with van der Waals surface area (Å²) in [6.45, 7) is 5.15. The minimum atomic E-state index is -0.379. The van der Waals surface area contributed by atoms with E-state index in [9.17, 15) is 5.11 Å². The van der Waals surface area contributed by atoms with E-state index in [1.807, 2.05) is 0 Å². The largest absolute Gasteiger partial charge is 0.390 e. The van der Waals surface area contributed by atoms with E-state index in [0.717, 1.165) is 25.9 Å². The van der Waals surface area contributed by atoms with Gasteiger partial charge in [0.15, 0.2) is 0 Å². The number of aliphatic hydroxyl groups excluding tert-OH is 1. The minimum absolute atomic E-state index is 0.0398. The van der Waals surface area contributed by atoms with Crippen molar-refractivity contribution in [3.05, 3.63) is 70.8 Å². The van der Waals surface area contributed by atoms with Gasteiger partial charge < -0.3 is 9.84 Å². The van der Waals surface area contributed by atoms with Crippen LogP contribution in [-0.2, 0) is 17.6 Å². The first-order valence-electron chi connectivity index (χ1n) is 8.98. The third kappa shape index (κ3) is 2.58. The summed E-state index contributed by atoms with van der Waals surface area (Å²) in [7, 11) is 0. The Morgan fingerprint density at radius 1 is 0.958 bits per heavy atom. The third-order valence-electron chi connectivity index (χ3n) is 6.18. The van der Waals surface area contributed by atoms with Gasteiger partial charge in [0.25, 0.3) is 0 Å². The molecule has 2 aliphatic rings. The number of aryl methyl sites for hydroxylation is 2. The molecule has 0 aromatic heterocycles. The zero-order chi connectivity index (χ0) is 16.7. The molecule has 4 rings (SSSR count). The smallest absolute Gasteiger partial charge is 0.0890 e. The zero-order valence-electron chi connectivity index (χ0n) is 14.5. The lowest BCUT2D eigenvalue weighted by molar-refractivity contribution is -0.144. The summed E-state index contributed by atoms with van der Waals surface area (Å²) in [5.74, 6) is 0.521. The van der Waals surface area contributed by atoms with Crippen LogP contribution in [0, 0.1) is 25.2 Å². The number of fused-ring (bicyclic) bond motifs is 1. The van der Waals surface area contributed by atoms with Crippen molar-refractivity contribution in [3.63, 3.8) is 0 Å². The second-order valence-electron chi connectivity index (χ2n) is 7.78. The van der Waals surface area contributed by atoms with Gasteiger partial charge in [-0.05, 0) is 55.4 Å². The molecule has 126 valence electrons. The quantitative estimate of drug-likeness (QED) is 0.926. The van der Waals surface area contributed by atoms with E-state index in [1.54, 1.807) is 0 Å². The molecular weight excluding hydrogens is 296 g/mol. The van der Waals surface area contributed by atoms with Gasteiger partial charge >= 0.3 is 0 Å². The van der Waals surface area contributed by atoms with Crippen LogP contribution < -0.4 is 0 Å². The first kappa shape index (κ1) is 15.9. The van der Waals surface area contributed by atoms with Gasteiger partial charge in [0.05, 0.1) is 18.8 Å². The average Bonchev–Trinajstić information content (AvgIpc) is 2.72. The van der Waals surface area contributed by atoms with E-state index in [1.165, 1.54) is 22.3 Å². The molecule has 1 aliphatic heterocycles. The van der Waals surface area contributed by atoms with Crippen LogP contribution in [-0.4, -0.2) is 23.9 Å². The molecule has 2 aromatic rings. The lowest BCUT2D eigenvalue weighted by atomic mass is 9.72. The molecule has 1 saturated heterocycles. The molecule has 2 heteroatoms. The van der Waals surface area contributed by atoms with Crippen molar-refractivity contribution in [1.29, 1.82) is 0 Å². The first-order chi connectivity index (χ1) is 11.6. The molecule has 1 N–H and O–H groups in total. The van der Waals surface area contributed by atoms with Crippen LogP contribution in [0.2, 0.25) is 0 Å². The van der Waals surface area contributed by atoms with Gasteiger partial charge in [-0.25, -0.2) is 0 Å². The fourth-order valence-electron chi connectivity index (χ4n) is 4.65. The second-order valence-corrected chi connectivity index (χ2v) is 7.78. The predicted molar refractivity (Wildman–Crippen MR) is 96.1 cm³/mol. The molecule has 2 aromatic carbocycles. The molecule has 0 amide bonds. The van der Waals surface area contributed by atoms with E-state index in [4.69, 9.17) is 4.74 Å². The average molecular weight is 322 g/mol. The van der Waals surface area contributed by atoms with Crippen molar-refractivity contribution < 1.29 is 9.84 Å². The van der Waals surface area contributed by atoms with E-state index in [-0.39, 0.29) is 17.6 Å². The molecule has 0 bridgehead atoms. The van der Waals surface area contributed by atoms with E-state index in [2.05, 4.69) is 62.4 Å². The number of aliphatic hydroxyl groups is 1. The van der Waals surface area contributed by atoms with E-state index in [0.29, 0.717) is 5.92 Å². The number of rotatable bonds is 4. The van der Waals surface area contributed by atoms with Gasteiger partial charge in [0.1, 0.15) is 0 Å². The van der Waals surface area contributed by atoms with Gasteiger partial charge in [-0.1, -0.05) is 48.5 Å². The summed E-state index contributed by atoms with van der Waals surface area (Å²) in [5.41, 5.74) is 5.21. The minimum Gasteiger partial charge on any atom is -0.390 e. The SMILES string of the molecule is Cc1ccccc1CC1(Cc2ccccc2C)C[C@H]2COC2[C@H]1O. The molecule has 1 unspecified atom stereocenters. The summed E-state index contributed by atoms with van der Waals surface area (Å²) in [4.78, 5) is 0. The number of benzene rings is 2. The Hall–Kier alpha value is -1.64. The lowest BCUT2D eigenvalue weighted by Crippen LogP contribution is -2.45. The molecule has 0 radical (unpaired) electrons. The molecular formula is C22H26O2. The van der Waals surface area contributed by atoms with Gasteiger partial charge in [-0.2, -0.15) is 0 Å². The molecule has 2 fully saturated rings. The predicted octanol–water partition coefficient (Wildman–Crippen LogP) is 3.85. The van der Waals surface area contributed by atoms with Crippen molar-refractivity contribution >= 4 is 0 Å². The summed E-state index contributed by atoms with van der Waals surface area (Å²) in [6, 6.07) is 17.2. The van der Waals surface area contributed by atoms with Crippen molar-refractivity contribution in [2.45, 2.75) is 45.3 Å². The Morgan fingerprint density at radius 2 is 1.50 bits per heavy atom. The third-order valence-corrected chi connectivity index (χ3v) is 6.18. The van der Waals surface area contributed by atoms with Crippen molar-refractivity contribution in [2.24, 2.45) is 11.3 Å². The van der Waals surface area contributed by atoms with Gasteiger partial charge in [0.2, 0.25) is 0 Å². The normalized spacial score (nSPS) is 27.5. The summed E-state index contributed by atoms with van der Waals surface area (Å²) < 4.78 is 5.71. The van der Waals surface area contributed by atoms with Crippen LogP contribution in [0.15, 0.2) is 48.5 Å². The monoisotopic (exact) mass is 322 g/mol. The number of ether oxygens (including phenoxy) is 1. The Bertz CT molecular complexity index is 689. The highest BCUT2D eigenvalue weighted by molar-refractivity contribution is 5.32. The van der Waals surface area contributed by atoms with Crippen LogP contribution >= 0.6 is 0 Å². The van der Waals surface area contributed by atoms with Gasteiger partial charge in [-0.3, -0.25) is 0 Å². The van der Waals surface area contributed by atoms with Crippen LogP contribution in [0.3, 0.4) is 0 Å². The van der Waals surface area contributed by atoms with Crippen LogP contribution in [0.4, 0.5) is 0 Å². The second kappa shape index (κ2) is 6.02. The van der Waals surface area contributed by atoms with Crippen molar-refractivity contribution in [1.82, 2.24) is 0 Å². The highest BCUT2D eigenvalue weighted by Gasteiger charge is 2.57. The molecule has 2 nitrogen and oxygen atoms in total. The van der Waals surface area contributed by atoms with Crippen LogP contribution in [0.25, 0.3) is 0 Å². The maximum absolute atomic E-state index is 11.1. The maximum Gasteiger partial charge on any atom is 0.0890 e. The van der Waals surface area contributed by atoms with E-state index >= 15 is 0 Å². The standard InChI is InChI=1S/C22H26O2/c1-15-7-3-5-9-17(15)11-22(12-18-10-6-4-8-16(18)2)13-19-14-24-20(19)21(22)23/h3-10,19-21,23H,11-14H2,1-2H3/t19-,20?,21+/m0/s1. The Kier molecular flexibility index (Phi) is 3.98. The van der Waals surface area contributed by atoms with Gasteiger partial charge in [0, 0.05) is 11.3 Å². The molecule has 24 heavy (non-hydrogen) atoms. The van der Waals surface area contributed by atoms with Crippen molar-refractivity contribution in [3.8, 4) is 0 Å². The maximum atomic E-state index is 11.1. The Labute approximate surface area is 144 Å². The number of hydrogen-bond acceptors (Lipinski definition) is 2. The fraction of sp³-hybridized carbons (Fsp3) is 0.455. The van der Waals surface area contributed by atoms with Crippen LogP contribution in [0.1, 0.15) is 28.7 Å². The fourth-order valence-corrected chi connectivity index (χ4v) is 4.65. The molecule has 3 atom stereocenters. The lowest BCUT2D eigenvalue weighted by Gasteiger charge is -2.36. The van der Waals surface area contributed by atoms with Crippen molar-refractivity contribution in [2.75, 3.05) is 6.61 Å². The highest BCUT2D eigenvalue weighted by atomic mass is 16.5. The summed E-state index contributed by atoms with van der Waals surface area (Å²) in [5, 5.41) is 11.1. The first-order valence-corrected chi connectivity index (χ1v) is 8.98. The van der Waals surface area contributed by atoms with E-state index < -0.39 is 0 Å². The van der Waals surface area contributed by atoms with Gasteiger partial charge in [-0.15, -0.1) is 0 Å². The highest BCUT2D eigenvalue weighted by Crippen LogP contribution is 2.52. The molecule has 1 aliphatic carbocycles. The zero-order valence-corrected chi connectivity index (χ0v) is 14.5. The molecule has 0 spiro atoms. The summed E-state index contributed by atoms with van der Waals surface area (Å²) in [6.07, 6.45) is 2.56.